The normalized spacial score (nSPS) is 23.2. The van der Waals surface area contributed by atoms with Gasteiger partial charge in [-0.25, -0.2) is 15.8 Å². The van der Waals surface area contributed by atoms with E-state index in [1.807, 2.05) is 18.2 Å². The summed E-state index contributed by atoms with van der Waals surface area (Å²) < 4.78 is 0. The second-order valence-corrected chi connectivity index (χ2v) is 5.55. The fraction of sp³-hybridized carbons (Fsp3) is 0.667. The van der Waals surface area contributed by atoms with Gasteiger partial charge in [-0.3, -0.25) is 0 Å². The van der Waals surface area contributed by atoms with Crippen molar-refractivity contribution in [1.29, 1.82) is 0 Å². The number of aliphatic hydroxyl groups is 1. The van der Waals surface area contributed by atoms with Crippen LogP contribution in [-0.2, 0) is 0 Å². The number of aromatic nitrogens is 2. The topological polar surface area (TPSA) is 87.3 Å². The first-order valence-corrected chi connectivity index (χ1v) is 7.68. The van der Waals surface area contributed by atoms with E-state index in [0.29, 0.717) is 11.0 Å². The second-order valence-electron chi connectivity index (χ2n) is 4.77. The van der Waals surface area contributed by atoms with Crippen molar-refractivity contribution in [2.45, 2.75) is 43.0 Å². The number of nitrogens with one attached hydrogen (secondary N) is 1. The van der Waals surface area contributed by atoms with Crippen LogP contribution < -0.4 is 16.2 Å². The molecular weight excluding hydrogens is 262 g/mol. The van der Waals surface area contributed by atoms with Crippen LogP contribution in [0.3, 0.4) is 0 Å². The molecule has 1 aliphatic rings. The molecule has 2 unspecified atom stereocenters. The largest absolute Gasteiger partial charge is 0.391 e. The first kappa shape index (κ1) is 14.4. The highest BCUT2D eigenvalue weighted by Crippen LogP contribution is 2.27. The van der Waals surface area contributed by atoms with Crippen LogP contribution in [0.1, 0.15) is 25.7 Å². The molecule has 4 N–H and O–H groups in total. The molecule has 6 nitrogen and oxygen atoms in total. The molecule has 7 heteroatoms. The molecule has 0 saturated heterocycles. The maximum Gasteiger partial charge on any atom is 0.191 e. The summed E-state index contributed by atoms with van der Waals surface area (Å²) >= 11 is 1.47. The molecule has 1 saturated carbocycles. The number of hydrazine groups is 1. The molecule has 0 bridgehead atoms. The number of nitrogens with zero attached hydrogens (tertiary/aromatic N) is 3. The van der Waals surface area contributed by atoms with E-state index in [1.54, 1.807) is 6.07 Å². The Kier molecular flexibility index (Phi) is 4.84. The number of nitrogen functional groups attached to an aromatic ring is 1. The highest BCUT2D eigenvalue weighted by molar-refractivity contribution is 7.98. The Morgan fingerprint density at radius 1 is 1.42 bits per heavy atom. The third-order valence-electron chi connectivity index (χ3n) is 3.58. The van der Waals surface area contributed by atoms with E-state index in [2.05, 4.69) is 15.4 Å². The van der Waals surface area contributed by atoms with Gasteiger partial charge in [-0.05, 0) is 19.1 Å². The van der Waals surface area contributed by atoms with Gasteiger partial charge in [0.1, 0.15) is 11.6 Å². The van der Waals surface area contributed by atoms with Gasteiger partial charge in [0.05, 0.1) is 12.1 Å². The molecule has 1 fully saturated rings. The number of anilines is 2. The van der Waals surface area contributed by atoms with Gasteiger partial charge < -0.3 is 15.4 Å². The minimum atomic E-state index is -0.291. The van der Waals surface area contributed by atoms with E-state index in [-0.39, 0.29) is 12.1 Å². The molecule has 2 rings (SSSR count). The van der Waals surface area contributed by atoms with Gasteiger partial charge in [0.2, 0.25) is 0 Å². The maximum atomic E-state index is 10.1. The fourth-order valence-electron chi connectivity index (χ4n) is 2.47. The van der Waals surface area contributed by atoms with Crippen molar-refractivity contribution in [3.8, 4) is 0 Å². The van der Waals surface area contributed by atoms with Crippen LogP contribution in [0.25, 0.3) is 0 Å². The molecule has 106 valence electrons. The van der Waals surface area contributed by atoms with Crippen LogP contribution in [0.2, 0.25) is 0 Å². The summed E-state index contributed by atoms with van der Waals surface area (Å²) in [7, 11) is 1.96. The van der Waals surface area contributed by atoms with E-state index in [1.165, 1.54) is 11.8 Å². The van der Waals surface area contributed by atoms with Crippen LogP contribution in [0.15, 0.2) is 11.2 Å². The van der Waals surface area contributed by atoms with Gasteiger partial charge in [-0.15, -0.1) is 0 Å². The van der Waals surface area contributed by atoms with Crippen molar-refractivity contribution in [2.24, 2.45) is 5.84 Å². The Morgan fingerprint density at radius 2 is 2.16 bits per heavy atom. The fourth-order valence-corrected chi connectivity index (χ4v) is 2.85. The number of hydrogen-bond donors (Lipinski definition) is 3. The number of thioether (sulfide) groups is 1. The Labute approximate surface area is 117 Å². The predicted molar refractivity (Wildman–Crippen MR) is 78.3 cm³/mol. The quantitative estimate of drug-likeness (QED) is 0.331. The Morgan fingerprint density at radius 3 is 2.79 bits per heavy atom. The molecule has 0 spiro atoms. The SMILES string of the molecule is CSc1nc(NN)cc(N(C)C2CCCCC2O)n1. The van der Waals surface area contributed by atoms with E-state index >= 15 is 0 Å². The van der Waals surface area contributed by atoms with Gasteiger partial charge in [0, 0.05) is 13.1 Å². The lowest BCUT2D eigenvalue weighted by Crippen LogP contribution is -2.43. The van der Waals surface area contributed by atoms with Crippen molar-refractivity contribution < 1.29 is 5.11 Å². The molecule has 19 heavy (non-hydrogen) atoms. The zero-order valence-corrected chi connectivity index (χ0v) is 12.2. The summed E-state index contributed by atoms with van der Waals surface area (Å²) in [5.41, 5.74) is 2.56. The molecule has 0 amide bonds. The maximum absolute atomic E-state index is 10.1. The van der Waals surface area contributed by atoms with Crippen LogP contribution >= 0.6 is 11.8 Å². The predicted octanol–water partition coefficient (Wildman–Crippen LogP) is 1.22. The zero-order valence-electron chi connectivity index (χ0n) is 11.3. The standard InChI is InChI=1S/C12H21N5OS/c1-17(8-5-3-4-6-9(8)18)11-7-10(16-13)14-12(15-11)19-2/h7-9,18H,3-6,13H2,1-2H3,(H,14,15,16). The smallest absolute Gasteiger partial charge is 0.191 e. The average molecular weight is 283 g/mol. The Bertz CT molecular complexity index is 408. The van der Waals surface area contributed by atoms with Crippen molar-refractivity contribution in [3.63, 3.8) is 0 Å². The van der Waals surface area contributed by atoms with E-state index in [0.717, 1.165) is 31.5 Å². The summed E-state index contributed by atoms with van der Waals surface area (Å²) in [5, 5.41) is 10.8. The summed E-state index contributed by atoms with van der Waals surface area (Å²) in [6, 6.07) is 1.92. The van der Waals surface area contributed by atoms with E-state index < -0.39 is 0 Å². The third kappa shape index (κ3) is 3.29. The molecule has 0 aromatic carbocycles. The molecule has 2 atom stereocenters. The number of likely N-dealkylation sites (N-methyl/N-ethyl adjacent to an activating group) is 1. The Balaban J connectivity index is 2.24. The summed E-state index contributed by atoms with van der Waals surface area (Å²) in [6.45, 7) is 0. The van der Waals surface area contributed by atoms with E-state index in [9.17, 15) is 5.11 Å². The molecule has 0 radical (unpaired) electrons. The van der Waals surface area contributed by atoms with Gasteiger partial charge in [0.15, 0.2) is 5.16 Å². The number of aliphatic hydroxyl groups excluding tert-OH is 1. The van der Waals surface area contributed by atoms with Crippen molar-refractivity contribution in [3.05, 3.63) is 6.07 Å². The Hall–Kier alpha value is -1.05. The van der Waals surface area contributed by atoms with Crippen LogP contribution in [0.4, 0.5) is 11.6 Å². The monoisotopic (exact) mass is 283 g/mol. The van der Waals surface area contributed by atoms with Crippen molar-refractivity contribution >= 4 is 23.4 Å². The zero-order chi connectivity index (χ0) is 13.8. The summed E-state index contributed by atoms with van der Waals surface area (Å²) in [6.07, 6.45) is 5.73. The first-order chi connectivity index (χ1) is 9.15. The lowest BCUT2D eigenvalue weighted by atomic mass is 9.91. The minimum Gasteiger partial charge on any atom is -0.391 e. The van der Waals surface area contributed by atoms with Crippen LogP contribution in [0, 0.1) is 0 Å². The molecule has 1 aromatic rings. The molecule has 1 heterocycles. The molecule has 1 aliphatic carbocycles. The van der Waals surface area contributed by atoms with Crippen molar-refractivity contribution in [1.82, 2.24) is 9.97 Å². The number of rotatable bonds is 4. The first-order valence-electron chi connectivity index (χ1n) is 6.46. The van der Waals surface area contributed by atoms with Gasteiger partial charge in [0.25, 0.3) is 0 Å². The molecule has 1 aromatic heterocycles. The lowest BCUT2D eigenvalue weighted by molar-refractivity contribution is 0.106. The van der Waals surface area contributed by atoms with Gasteiger partial charge in [-0.1, -0.05) is 24.6 Å². The highest BCUT2D eigenvalue weighted by atomic mass is 32.2. The van der Waals surface area contributed by atoms with E-state index in [4.69, 9.17) is 5.84 Å². The number of nitrogens with two attached hydrogens (primary N) is 1. The van der Waals surface area contributed by atoms with Crippen LogP contribution in [0.5, 0.6) is 0 Å². The van der Waals surface area contributed by atoms with Gasteiger partial charge in [-0.2, -0.15) is 0 Å². The van der Waals surface area contributed by atoms with Crippen molar-refractivity contribution in [2.75, 3.05) is 23.6 Å². The molecular formula is C12H21N5OS. The lowest BCUT2D eigenvalue weighted by Gasteiger charge is -2.36. The third-order valence-corrected chi connectivity index (χ3v) is 4.12. The van der Waals surface area contributed by atoms with Crippen LogP contribution in [-0.4, -0.2) is 40.5 Å². The highest BCUT2D eigenvalue weighted by Gasteiger charge is 2.27. The molecule has 0 aliphatic heterocycles. The minimum absolute atomic E-state index is 0.115. The summed E-state index contributed by atoms with van der Waals surface area (Å²) in [4.78, 5) is 10.8. The van der Waals surface area contributed by atoms with Gasteiger partial charge >= 0.3 is 0 Å². The summed E-state index contributed by atoms with van der Waals surface area (Å²) in [5.74, 6) is 6.81. The second kappa shape index (κ2) is 6.40. The average Bonchev–Trinajstić information content (AvgIpc) is 2.46. The number of hydrogen-bond acceptors (Lipinski definition) is 7.